The van der Waals surface area contributed by atoms with Crippen LogP contribution in [-0.4, -0.2) is 36.5 Å². The van der Waals surface area contributed by atoms with E-state index in [1.165, 1.54) is 5.56 Å². The number of hydrogen-bond acceptors (Lipinski definition) is 5. The monoisotopic (exact) mass is 392 g/mol. The van der Waals surface area contributed by atoms with Crippen molar-refractivity contribution in [2.75, 3.05) is 24.5 Å². The van der Waals surface area contributed by atoms with Gasteiger partial charge in [-0.1, -0.05) is 18.2 Å². The molecule has 1 N–H and O–H groups in total. The van der Waals surface area contributed by atoms with Crippen LogP contribution in [0.15, 0.2) is 53.4 Å². The largest absolute Gasteiger partial charge is 0.312 e. The molecule has 0 radical (unpaired) electrons. The molecule has 0 bridgehead atoms. The third kappa shape index (κ3) is 4.56. The van der Waals surface area contributed by atoms with Crippen LogP contribution in [0.5, 0.6) is 0 Å². The molecule has 144 valence electrons. The normalized spacial score (nSPS) is 19.9. The van der Waals surface area contributed by atoms with E-state index in [1.807, 2.05) is 29.2 Å². The van der Waals surface area contributed by atoms with Crippen molar-refractivity contribution in [2.45, 2.75) is 36.7 Å². The van der Waals surface area contributed by atoms with Crippen LogP contribution in [0.4, 0.5) is 5.69 Å². The number of rotatable bonds is 6. The van der Waals surface area contributed by atoms with Gasteiger partial charge in [0, 0.05) is 49.2 Å². The third-order valence-corrected chi connectivity index (χ3v) is 6.25. The van der Waals surface area contributed by atoms with E-state index < -0.39 is 0 Å². The van der Waals surface area contributed by atoms with E-state index in [2.05, 4.69) is 40.0 Å². The summed E-state index contributed by atoms with van der Waals surface area (Å²) in [5.41, 5.74) is 2.99. The average molecular weight is 393 g/mol. The maximum atomic E-state index is 11.9. The lowest BCUT2D eigenvalue weighted by Gasteiger charge is -2.19. The molecule has 2 fully saturated rings. The van der Waals surface area contributed by atoms with Crippen molar-refractivity contribution in [3.05, 3.63) is 59.7 Å². The van der Waals surface area contributed by atoms with E-state index in [0.717, 1.165) is 49.6 Å². The number of anilines is 1. The van der Waals surface area contributed by atoms with Crippen molar-refractivity contribution in [3.63, 3.8) is 0 Å². The van der Waals surface area contributed by atoms with Gasteiger partial charge in [-0.2, -0.15) is 5.26 Å². The summed E-state index contributed by atoms with van der Waals surface area (Å²) in [7, 11) is 0. The Kier molecular flexibility index (Phi) is 5.96. The van der Waals surface area contributed by atoms with E-state index in [9.17, 15) is 4.79 Å². The Hall–Kier alpha value is -2.33. The van der Waals surface area contributed by atoms with Crippen molar-refractivity contribution >= 4 is 23.5 Å². The zero-order valence-electron chi connectivity index (χ0n) is 15.8. The number of carbonyl (C=O) groups is 1. The fraction of sp³-hybridized carbons (Fsp3) is 0.364. The van der Waals surface area contributed by atoms with Crippen molar-refractivity contribution in [3.8, 4) is 6.07 Å². The summed E-state index contributed by atoms with van der Waals surface area (Å²) >= 11 is 1.61. The second-order valence-corrected chi connectivity index (χ2v) is 8.31. The van der Waals surface area contributed by atoms with Gasteiger partial charge >= 0.3 is 0 Å². The molecule has 2 saturated heterocycles. The summed E-state index contributed by atoms with van der Waals surface area (Å²) in [5.74, 6) is 0.235. The lowest BCUT2D eigenvalue weighted by molar-refractivity contribution is -0.117. The molecule has 0 aromatic heterocycles. The highest BCUT2D eigenvalue weighted by molar-refractivity contribution is 7.97. The van der Waals surface area contributed by atoms with Crippen molar-refractivity contribution in [2.24, 2.45) is 0 Å². The van der Waals surface area contributed by atoms with Crippen LogP contribution in [0.25, 0.3) is 0 Å². The number of hydrogen-bond donors (Lipinski definition) is 1. The van der Waals surface area contributed by atoms with Gasteiger partial charge in [0.05, 0.1) is 11.6 Å². The standard InChI is InChI=1S/C22H24N4OS/c23-14-18-3-1-4-21(13-18)28-24-19-10-12-25(16-19)15-17-6-8-20(9-7-17)26-11-2-5-22(26)27/h1,3-4,6-9,13,19,24H,2,5,10-12,15-16H2. The molecule has 1 unspecified atom stereocenters. The number of amides is 1. The Balaban J connectivity index is 1.26. The summed E-state index contributed by atoms with van der Waals surface area (Å²) in [6.45, 7) is 3.85. The molecule has 1 amide bonds. The molecule has 2 aromatic carbocycles. The van der Waals surface area contributed by atoms with Crippen molar-refractivity contribution in [1.29, 1.82) is 5.26 Å². The Morgan fingerprint density at radius 1 is 1.18 bits per heavy atom. The molecule has 28 heavy (non-hydrogen) atoms. The fourth-order valence-corrected chi connectivity index (χ4v) is 4.64. The summed E-state index contributed by atoms with van der Waals surface area (Å²) in [6.07, 6.45) is 2.75. The van der Waals surface area contributed by atoms with Crippen molar-refractivity contribution in [1.82, 2.24) is 9.62 Å². The van der Waals surface area contributed by atoms with E-state index in [-0.39, 0.29) is 5.91 Å². The van der Waals surface area contributed by atoms with Crippen LogP contribution in [-0.2, 0) is 11.3 Å². The molecule has 5 nitrogen and oxygen atoms in total. The van der Waals surface area contributed by atoms with Gasteiger partial charge in [0.25, 0.3) is 0 Å². The van der Waals surface area contributed by atoms with Gasteiger partial charge in [-0.15, -0.1) is 0 Å². The Morgan fingerprint density at radius 2 is 2.04 bits per heavy atom. The number of nitrogens with zero attached hydrogens (tertiary/aromatic N) is 3. The predicted octanol–water partition coefficient (Wildman–Crippen LogP) is 3.56. The first-order chi connectivity index (χ1) is 13.7. The molecular formula is C22H24N4OS. The maximum Gasteiger partial charge on any atom is 0.227 e. The molecule has 6 heteroatoms. The molecule has 2 aliphatic heterocycles. The minimum Gasteiger partial charge on any atom is -0.312 e. The number of benzene rings is 2. The molecule has 1 atom stereocenters. The number of likely N-dealkylation sites (tertiary alicyclic amines) is 1. The highest BCUT2D eigenvalue weighted by Gasteiger charge is 2.23. The molecule has 0 spiro atoms. The molecule has 0 saturated carbocycles. The molecule has 4 rings (SSSR count). The number of nitriles is 1. The van der Waals surface area contributed by atoms with Crippen LogP contribution >= 0.6 is 11.9 Å². The molecule has 2 aliphatic rings. The zero-order chi connectivity index (χ0) is 19.3. The van der Waals surface area contributed by atoms with Crippen LogP contribution < -0.4 is 9.62 Å². The van der Waals surface area contributed by atoms with E-state index in [4.69, 9.17) is 5.26 Å². The summed E-state index contributed by atoms with van der Waals surface area (Å²) in [5, 5.41) is 9.00. The van der Waals surface area contributed by atoms with Crippen LogP contribution in [0.2, 0.25) is 0 Å². The lowest BCUT2D eigenvalue weighted by atomic mass is 10.2. The van der Waals surface area contributed by atoms with Gasteiger partial charge < -0.3 is 4.90 Å². The van der Waals surface area contributed by atoms with Gasteiger partial charge in [-0.05, 0) is 60.7 Å². The average Bonchev–Trinajstić information content (AvgIpc) is 3.36. The SMILES string of the molecule is N#Cc1cccc(SNC2CCN(Cc3ccc(N4CCCC4=O)cc3)C2)c1. The van der Waals surface area contributed by atoms with Crippen LogP contribution in [0, 0.1) is 11.3 Å². The topological polar surface area (TPSA) is 59.4 Å². The number of nitrogens with one attached hydrogen (secondary N) is 1. The van der Waals surface area contributed by atoms with E-state index in [0.29, 0.717) is 18.0 Å². The minimum absolute atomic E-state index is 0.235. The quantitative estimate of drug-likeness (QED) is 0.762. The lowest BCUT2D eigenvalue weighted by Crippen LogP contribution is -2.28. The predicted molar refractivity (Wildman–Crippen MR) is 112 cm³/mol. The first-order valence-corrected chi connectivity index (χ1v) is 10.6. The van der Waals surface area contributed by atoms with E-state index >= 15 is 0 Å². The van der Waals surface area contributed by atoms with Gasteiger partial charge in [-0.25, -0.2) is 0 Å². The third-order valence-electron chi connectivity index (χ3n) is 5.31. The van der Waals surface area contributed by atoms with Crippen LogP contribution in [0.3, 0.4) is 0 Å². The van der Waals surface area contributed by atoms with E-state index in [1.54, 1.807) is 11.9 Å². The summed E-state index contributed by atoms with van der Waals surface area (Å²) in [4.78, 5) is 17.3. The van der Waals surface area contributed by atoms with Crippen molar-refractivity contribution < 1.29 is 4.79 Å². The maximum absolute atomic E-state index is 11.9. The zero-order valence-corrected chi connectivity index (χ0v) is 16.6. The molecule has 2 aromatic rings. The molecular weight excluding hydrogens is 368 g/mol. The fourth-order valence-electron chi connectivity index (χ4n) is 3.81. The van der Waals surface area contributed by atoms with Gasteiger partial charge in [-0.3, -0.25) is 14.4 Å². The highest BCUT2D eigenvalue weighted by Crippen LogP contribution is 2.23. The smallest absolute Gasteiger partial charge is 0.227 e. The number of carbonyl (C=O) groups excluding carboxylic acids is 1. The first kappa shape index (κ1) is 19.0. The minimum atomic E-state index is 0.235. The highest BCUT2D eigenvalue weighted by atomic mass is 32.2. The van der Waals surface area contributed by atoms with Crippen LogP contribution in [0.1, 0.15) is 30.4 Å². The Bertz CT molecular complexity index is 877. The summed E-state index contributed by atoms with van der Waals surface area (Å²) < 4.78 is 3.54. The first-order valence-electron chi connectivity index (χ1n) is 9.75. The molecule has 2 heterocycles. The summed E-state index contributed by atoms with van der Waals surface area (Å²) in [6, 6.07) is 18.7. The molecule has 0 aliphatic carbocycles. The Labute approximate surface area is 170 Å². The second-order valence-electron chi connectivity index (χ2n) is 7.40. The van der Waals surface area contributed by atoms with Gasteiger partial charge in [0.1, 0.15) is 0 Å². The van der Waals surface area contributed by atoms with Gasteiger partial charge in [0.2, 0.25) is 5.91 Å². The second kappa shape index (κ2) is 8.78. The van der Waals surface area contributed by atoms with Gasteiger partial charge in [0.15, 0.2) is 0 Å². The Morgan fingerprint density at radius 3 is 2.79 bits per heavy atom.